The van der Waals surface area contributed by atoms with Crippen LogP contribution in [-0.4, -0.2) is 11.4 Å². The van der Waals surface area contributed by atoms with Gasteiger partial charge in [0.15, 0.2) is 0 Å². The Labute approximate surface area is 148 Å². The van der Waals surface area contributed by atoms with Crippen LogP contribution in [0.15, 0.2) is 27.4 Å². The van der Waals surface area contributed by atoms with Gasteiger partial charge in [0.25, 0.3) is 0 Å². The Bertz CT molecular complexity index is 882. The monoisotopic (exact) mass is 339 g/mol. The second kappa shape index (κ2) is 7.57. The molecule has 0 aliphatic carbocycles. The molecule has 4 nitrogen and oxygen atoms in total. The molecule has 0 saturated carbocycles. The predicted molar refractivity (Wildman–Crippen MR) is 101 cm³/mol. The minimum atomic E-state index is -0.613. The zero-order valence-corrected chi connectivity index (χ0v) is 15.4. The van der Waals surface area contributed by atoms with Crippen LogP contribution in [0.1, 0.15) is 49.8 Å². The summed E-state index contributed by atoms with van der Waals surface area (Å²) < 4.78 is 5.43. The lowest BCUT2D eigenvalue weighted by molar-refractivity contribution is -0.122. The minimum absolute atomic E-state index is 0.149. The Hall–Kier alpha value is -2.54. The van der Waals surface area contributed by atoms with Crippen LogP contribution in [0.4, 0.5) is 0 Å². The molecule has 0 aliphatic heterocycles. The Morgan fingerprint density at radius 3 is 2.56 bits per heavy atom. The summed E-state index contributed by atoms with van der Waals surface area (Å²) in [5.41, 5.74) is 2.04. The number of carbonyl (C=O) groups excluding carboxylic acids is 1. The van der Waals surface area contributed by atoms with Gasteiger partial charge in [0.2, 0.25) is 5.91 Å². The number of hydrogen-bond acceptors (Lipinski definition) is 3. The van der Waals surface area contributed by atoms with E-state index in [1.807, 2.05) is 45.9 Å². The standard InChI is InChI=1S/C21H25NO3/c1-6-21(7-2,8-3)22-19(23)12-11-17-15(5)16-10-9-14(4)13-18(16)25-20(17)24/h1,9-10,13H,7-8,11-12H2,2-5H3,(H,22,23). The van der Waals surface area contributed by atoms with E-state index in [9.17, 15) is 9.59 Å². The number of hydrogen-bond donors (Lipinski definition) is 1. The number of fused-ring (bicyclic) bond motifs is 1. The highest BCUT2D eigenvalue weighted by Gasteiger charge is 2.25. The summed E-state index contributed by atoms with van der Waals surface area (Å²) in [4.78, 5) is 24.6. The Morgan fingerprint density at radius 2 is 1.96 bits per heavy atom. The maximum atomic E-state index is 12.3. The fourth-order valence-corrected chi connectivity index (χ4v) is 3.03. The average molecular weight is 339 g/mol. The first-order valence-corrected chi connectivity index (χ1v) is 8.67. The van der Waals surface area contributed by atoms with Gasteiger partial charge in [0.1, 0.15) is 11.1 Å². The van der Waals surface area contributed by atoms with Crippen molar-refractivity contribution in [2.75, 3.05) is 0 Å². The maximum Gasteiger partial charge on any atom is 0.339 e. The van der Waals surface area contributed by atoms with Gasteiger partial charge in [-0.3, -0.25) is 4.79 Å². The molecule has 25 heavy (non-hydrogen) atoms. The summed E-state index contributed by atoms with van der Waals surface area (Å²) in [6.07, 6.45) is 7.45. The summed E-state index contributed by atoms with van der Waals surface area (Å²) >= 11 is 0. The summed E-state index contributed by atoms with van der Waals surface area (Å²) in [7, 11) is 0. The molecule has 1 amide bonds. The van der Waals surface area contributed by atoms with Crippen LogP contribution in [0.25, 0.3) is 11.0 Å². The molecule has 0 fully saturated rings. The SMILES string of the molecule is C#CC(CC)(CC)NC(=O)CCc1c(C)c2ccc(C)cc2oc1=O. The van der Waals surface area contributed by atoms with Gasteiger partial charge in [-0.05, 0) is 50.3 Å². The molecule has 0 spiro atoms. The van der Waals surface area contributed by atoms with Crippen molar-refractivity contribution in [1.82, 2.24) is 5.32 Å². The van der Waals surface area contributed by atoms with E-state index in [-0.39, 0.29) is 18.0 Å². The van der Waals surface area contributed by atoms with Crippen molar-refractivity contribution in [1.29, 1.82) is 0 Å². The zero-order valence-electron chi connectivity index (χ0n) is 15.4. The van der Waals surface area contributed by atoms with Crippen molar-refractivity contribution < 1.29 is 9.21 Å². The van der Waals surface area contributed by atoms with Gasteiger partial charge in [0, 0.05) is 17.4 Å². The van der Waals surface area contributed by atoms with Crippen LogP contribution >= 0.6 is 0 Å². The lowest BCUT2D eigenvalue weighted by Gasteiger charge is -2.27. The molecule has 0 bridgehead atoms. The van der Waals surface area contributed by atoms with E-state index >= 15 is 0 Å². The third-order valence-corrected chi connectivity index (χ3v) is 4.91. The van der Waals surface area contributed by atoms with Crippen LogP contribution in [0.5, 0.6) is 0 Å². The van der Waals surface area contributed by atoms with E-state index in [1.54, 1.807) is 0 Å². The highest BCUT2D eigenvalue weighted by Crippen LogP contribution is 2.21. The highest BCUT2D eigenvalue weighted by molar-refractivity contribution is 5.82. The smallest absolute Gasteiger partial charge is 0.339 e. The topological polar surface area (TPSA) is 59.3 Å². The number of terminal acetylenes is 1. The van der Waals surface area contributed by atoms with Crippen molar-refractivity contribution in [2.24, 2.45) is 0 Å². The predicted octanol–water partition coefficient (Wildman–Crippen LogP) is 3.65. The Kier molecular flexibility index (Phi) is 5.69. The Balaban J connectivity index is 2.21. The number of aryl methyl sites for hydroxylation is 2. The number of amides is 1. The molecule has 0 saturated heterocycles. The van der Waals surface area contributed by atoms with Crippen molar-refractivity contribution in [3.63, 3.8) is 0 Å². The molecule has 1 heterocycles. The van der Waals surface area contributed by atoms with Crippen LogP contribution < -0.4 is 10.9 Å². The molecule has 4 heteroatoms. The minimum Gasteiger partial charge on any atom is -0.423 e. The van der Waals surface area contributed by atoms with Gasteiger partial charge in [-0.1, -0.05) is 31.9 Å². The summed E-state index contributed by atoms with van der Waals surface area (Å²) in [6, 6.07) is 5.78. The number of rotatable bonds is 6. The van der Waals surface area contributed by atoms with Gasteiger partial charge in [-0.15, -0.1) is 6.42 Å². The van der Waals surface area contributed by atoms with E-state index in [4.69, 9.17) is 10.8 Å². The maximum absolute atomic E-state index is 12.3. The van der Waals surface area contributed by atoms with E-state index in [1.165, 1.54) is 0 Å². The zero-order chi connectivity index (χ0) is 18.6. The average Bonchev–Trinajstić information content (AvgIpc) is 2.59. The van der Waals surface area contributed by atoms with Gasteiger partial charge in [-0.25, -0.2) is 4.79 Å². The molecule has 1 aromatic carbocycles. The molecule has 1 N–H and O–H groups in total. The molecular formula is C21H25NO3. The third kappa shape index (κ3) is 3.93. The fraction of sp³-hybridized carbons (Fsp3) is 0.429. The van der Waals surface area contributed by atoms with Gasteiger partial charge < -0.3 is 9.73 Å². The lowest BCUT2D eigenvalue weighted by Crippen LogP contribution is -2.46. The first-order valence-electron chi connectivity index (χ1n) is 8.67. The van der Waals surface area contributed by atoms with E-state index in [0.717, 1.165) is 16.5 Å². The number of carbonyl (C=O) groups is 1. The highest BCUT2D eigenvalue weighted by atomic mass is 16.4. The third-order valence-electron chi connectivity index (χ3n) is 4.91. The molecule has 0 radical (unpaired) electrons. The first kappa shape index (κ1) is 18.8. The summed E-state index contributed by atoms with van der Waals surface area (Å²) in [5.74, 6) is 2.54. The van der Waals surface area contributed by atoms with E-state index < -0.39 is 5.54 Å². The summed E-state index contributed by atoms with van der Waals surface area (Å²) in [6.45, 7) is 7.75. The van der Waals surface area contributed by atoms with Crippen molar-refractivity contribution >= 4 is 16.9 Å². The second-order valence-electron chi connectivity index (χ2n) is 6.47. The fourth-order valence-electron chi connectivity index (χ4n) is 3.03. The first-order chi connectivity index (χ1) is 11.9. The van der Waals surface area contributed by atoms with Crippen molar-refractivity contribution in [2.45, 2.75) is 58.9 Å². The number of benzene rings is 1. The summed E-state index contributed by atoms with van der Waals surface area (Å²) in [5, 5.41) is 3.83. The van der Waals surface area contributed by atoms with Gasteiger partial charge in [0.05, 0.1) is 0 Å². The van der Waals surface area contributed by atoms with Crippen LogP contribution in [0, 0.1) is 26.2 Å². The van der Waals surface area contributed by atoms with Crippen molar-refractivity contribution in [3.05, 3.63) is 45.3 Å². The second-order valence-corrected chi connectivity index (χ2v) is 6.47. The molecule has 2 aromatic rings. The van der Waals surface area contributed by atoms with Crippen LogP contribution in [0.3, 0.4) is 0 Å². The lowest BCUT2D eigenvalue weighted by atomic mass is 9.93. The van der Waals surface area contributed by atoms with Crippen LogP contribution in [-0.2, 0) is 11.2 Å². The molecule has 2 rings (SSSR count). The molecule has 132 valence electrons. The van der Waals surface area contributed by atoms with Gasteiger partial charge in [-0.2, -0.15) is 0 Å². The quantitative estimate of drug-likeness (QED) is 0.645. The Morgan fingerprint density at radius 1 is 1.28 bits per heavy atom. The van der Waals surface area contributed by atoms with Crippen molar-refractivity contribution in [3.8, 4) is 12.3 Å². The molecule has 0 atom stereocenters. The van der Waals surface area contributed by atoms with E-state index in [2.05, 4.69) is 11.2 Å². The molecular weight excluding hydrogens is 314 g/mol. The van der Waals surface area contributed by atoms with E-state index in [0.29, 0.717) is 30.4 Å². The number of nitrogens with one attached hydrogen (secondary N) is 1. The molecule has 0 unspecified atom stereocenters. The molecule has 1 aromatic heterocycles. The van der Waals surface area contributed by atoms with Crippen LogP contribution in [0.2, 0.25) is 0 Å². The normalized spacial score (nSPS) is 11.3. The molecule has 0 aliphatic rings. The van der Waals surface area contributed by atoms with Gasteiger partial charge >= 0.3 is 5.63 Å². The largest absolute Gasteiger partial charge is 0.423 e.